The average molecular weight is 682 g/mol. The van der Waals surface area contributed by atoms with Crippen LogP contribution >= 0.6 is 0 Å². The summed E-state index contributed by atoms with van der Waals surface area (Å²) in [5.41, 5.74) is -3.69. The molecule has 1 aliphatic carbocycles. The number of hydroxylamine groups is 6. The molecule has 48 heavy (non-hydrogen) atoms. The molecule has 0 aromatic heterocycles. The van der Waals surface area contributed by atoms with E-state index < -0.39 is 87.2 Å². The van der Waals surface area contributed by atoms with Gasteiger partial charge in [-0.05, 0) is 102 Å². The van der Waals surface area contributed by atoms with Crippen molar-refractivity contribution >= 4 is 17.9 Å². The van der Waals surface area contributed by atoms with Crippen LogP contribution in [0.3, 0.4) is 0 Å². The number of ether oxygens (including phenoxy) is 3. The summed E-state index contributed by atoms with van der Waals surface area (Å²) in [5, 5.41) is 36.2. The lowest BCUT2D eigenvalue weighted by molar-refractivity contribution is -0.261. The molecule has 1 saturated carbocycles. The molecule has 0 aromatic carbocycles. The minimum atomic E-state index is -0.716. The van der Waals surface area contributed by atoms with Crippen LogP contribution in [0.2, 0.25) is 0 Å². The molecule has 12 nitrogen and oxygen atoms in total. The third-order valence-corrected chi connectivity index (χ3v) is 11.4. The van der Waals surface area contributed by atoms with Gasteiger partial charge in [0.1, 0.15) is 18.3 Å². The number of hydrogen-bond acceptors (Lipinski definition) is 12. The number of esters is 3. The SMILES string of the molecule is CC1(C)CC(OC(=O)C2CC(C(=O)OC3CC(C)(C)N(O)C(C)(C)C3)CC(C(=O)OC3CC(C)(C)N(O)C(C)(C)C3)C2)CC(C)(C)N1O. The maximum absolute atomic E-state index is 13.8. The molecular formula is C36H63N3O9. The van der Waals surface area contributed by atoms with Crippen molar-refractivity contribution in [2.45, 2.75) is 192 Å². The fraction of sp³-hybridized carbons (Fsp3) is 0.917. The molecule has 12 heteroatoms. The summed E-state index contributed by atoms with van der Waals surface area (Å²) >= 11 is 0. The Kier molecular flexibility index (Phi) is 10.6. The van der Waals surface area contributed by atoms with Gasteiger partial charge in [0.15, 0.2) is 0 Å². The number of nitrogens with zero attached hydrogens (tertiary/aromatic N) is 3. The van der Waals surface area contributed by atoms with Crippen molar-refractivity contribution in [2.24, 2.45) is 17.8 Å². The van der Waals surface area contributed by atoms with Crippen LogP contribution in [0.1, 0.15) is 141 Å². The first kappa shape index (κ1) is 39.0. The second-order valence-corrected chi connectivity index (χ2v) is 19.0. The zero-order valence-corrected chi connectivity index (χ0v) is 31.5. The zero-order chi connectivity index (χ0) is 36.4. The second-order valence-electron chi connectivity index (χ2n) is 19.0. The van der Waals surface area contributed by atoms with Crippen LogP contribution < -0.4 is 0 Å². The van der Waals surface area contributed by atoms with Crippen LogP contribution in [0.5, 0.6) is 0 Å². The maximum atomic E-state index is 13.8. The lowest BCUT2D eigenvalue weighted by Crippen LogP contribution is -2.61. The van der Waals surface area contributed by atoms with Crippen molar-refractivity contribution in [1.82, 2.24) is 15.2 Å². The molecular weight excluding hydrogens is 618 g/mol. The highest BCUT2D eigenvalue weighted by Crippen LogP contribution is 2.43. The Morgan fingerprint density at radius 2 is 0.583 bits per heavy atom. The molecule has 0 spiro atoms. The highest BCUT2D eigenvalue weighted by Gasteiger charge is 2.51. The first-order valence-electron chi connectivity index (χ1n) is 17.8. The van der Waals surface area contributed by atoms with Crippen LogP contribution in [0, 0.1) is 17.8 Å². The predicted molar refractivity (Wildman–Crippen MR) is 177 cm³/mol. The van der Waals surface area contributed by atoms with Crippen molar-refractivity contribution in [3.8, 4) is 0 Å². The summed E-state index contributed by atoms with van der Waals surface area (Å²) < 4.78 is 18.3. The Bertz CT molecular complexity index is 1020. The lowest BCUT2D eigenvalue weighted by atomic mass is 9.74. The first-order chi connectivity index (χ1) is 21.7. The van der Waals surface area contributed by atoms with Gasteiger partial charge in [0.2, 0.25) is 0 Å². The second kappa shape index (κ2) is 13.1. The molecule has 0 amide bonds. The highest BCUT2D eigenvalue weighted by atomic mass is 16.6. The van der Waals surface area contributed by atoms with E-state index in [1.165, 1.54) is 15.2 Å². The lowest BCUT2D eigenvalue weighted by Gasteiger charge is -2.51. The smallest absolute Gasteiger partial charge is 0.309 e. The van der Waals surface area contributed by atoms with Gasteiger partial charge in [-0.1, -0.05) is 0 Å². The zero-order valence-electron chi connectivity index (χ0n) is 31.5. The van der Waals surface area contributed by atoms with E-state index in [0.717, 1.165) is 0 Å². The van der Waals surface area contributed by atoms with Crippen molar-refractivity contribution < 1.29 is 44.2 Å². The van der Waals surface area contributed by atoms with Gasteiger partial charge in [-0.25, -0.2) is 0 Å². The standard InChI is InChI=1S/C36H63N3O9/c1-31(2)16-25(17-32(3,4)37(31)43)46-28(40)22-13-23(29(41)47-26-18-33(5,6)38(44)34(7,8)19-26)15-24(14-22)30(42)48-27-20-35(9,10)39(45)36(11,12)21-27/h22-27,43-45H,13-21H2,1-12H3. The van der Waals surface area contributed by atoms with E-state index in [-0.39, 0.29) is 19.3 Å². The molecule has 0 bridgehead atoms. The van der Waals surface area contributed by atoms with Gasteiger partial charge in [0, 0.05) is 71.8 Å². The van der Waals surface area contributed by atoms with E-state index in [1.54, 1.807) is 0 Å². The van der Waals surface area contributed by atoms with Crippen molar-refractivity contribution in [2.75, 3.05) is 0 Å². The van der Waals surface area contributed by atoms with E-state index in [2.05, 4.69) is 0 Å². The largest absolute Gasteiger partial charge is 0.462 e. The third kappa shape index (κ3) is 8.20. The fourth-order valence-corrected chi connectivity index (χ4v) is 9.46. The summed E-state index contributed by atoms with van der Waals surface area (Å²) in [5.74, 6) is -3.52. The summed E-state index contributed by atoms with van der Waals surface area (Å²) in [7, 11) is 0. The molecule has 3 aliphatic heterocycles. The van der Waals surface area contributed by atoms with Gasteiger partial charge in [-0.15, -0.1) is 0 Å². The van der Waals surface area contributed by atoms with Gasteiger partial charge in [0.05, 0.1) is 17.8 Å². The van der Waals surface area contributed by atoms with E-state index in [9.17, 15) is 30.0 Å². The summed E-state index contributed by atoms with van der Waals surface area (Å²) in [6.45, 7) is 22.8. The Hall–Kier alpha value is -1.83. The minimum absolute atomic E-state index is 0.196. The minimum Gasteiger partial charge on any atom is -0.462 e. The van der Waals surface area contributed by atoms with Gasteiger partial charge >= 0.3 is 17.9 Å². The van der Waals surface area contributed by atoms with Crippen LogP contribution in [0.15, 0.2) is 0 Å². The first-order valence-corrected chi connectivity index (χ1v) is 17.8. The third-order valence-electron chi connectivity index (χ3n) is 11.4. The topological polar surface area (TPSA) is 149 Å². The summed E-state index contributed by atoms with van der Waals surface area (Å²) in [6, 6.07) is 0. The Labute approximate surface area is 287 Å². The normalized spacial score (nSPS) is 32.7. The monoisotopic (exact) mass is 681 g/mol. The van der Waals surface area contributed by atoms with Crippen molar-refractivity contribution in [1.29, 1.82) is 0 Å². The molecule has 3 N–H and O–H groups in total. The Morgan fingerprint density at radius 1 is 0.417 bits per heavy atom. The van der Waals surface area contributed by atoms with Crippen LogP contribution in [0.4, 0.5) is 0 Å². The van der Waals surface area contributed by atoms with Crippen molar-refractivity contribution in [3.63, 3.8) is 0 Å². The van der Waals surface area contributed by atoms with E-state index >= 15 is 0 Å². The number of hydrogen-bond donors (Lipinski definition) is 3. The molecule has 4 fully saturated rings. The quantitative estimate of drug-likeness (QED) is 0.227. The van der Waals surface area contributed by atoms with Crippen LogP contribution in [-0.4, -0.2) is 100 Å². The van der Waals surface area contributed by atoms with Gasteiger partial charge < -0.3 is 29.8 Å². The number of rotatable bonds is 6. The summed E-state index contributed by atoms with van der Waals surface area (Å²) in [6.07, 6.45) is 1.89. The van der Waals surface area contributed by atoms with E-state index in [4.69, 9.17) is 14.2 Å². The molecule has 3 heterocycles. The molecule has 0 atom stereocenters. The Morgan fingerprint density at radius 3 is 0.750 bits per heavy atom. The van der Waals surface area contributed by atoms with Crippen LogP contribution in [-0.2, 0) is 28.6 Å². The van der Waals surface area contributed by atoms with Gasteiger partial charge in [-0.2, -0.15) is 15.2 Å². The van der Waals surface area contributed by atoms with Gasteiger partial charge in [-0.3, -0.25) is 14.4 Å². The summed E-state index contributed by atoms with van der Waals surface area (Å²) in [4.78, 5) is 41.5. The predicted octanol–water partition coefficient (Wildman–Crippen LogP) is 5.88. The number of piperidine rings is 3. The molecule has 0 aromatic rings. The molecule has 3 saturated heterocycles. The average Bonchev–Trinajstić information content (AvgIpc) is 2.92. The van der Waals surface area contributed by atoms with Gasteiger partial charge in [0.25, 0.3) is 0 Å². The molecule has 276 valence electrons. The number of carbonyl (C=O) groups excluding carboxylic acids is 3. The Balaban J connectivity index is 1.53. The molecule has 4 aliphatic rings. The van der Waals surface area contributed by atoms with E-state index in [0.29, 0.717) is 38.5 Å². The fourth-order valence-electron chi connectivity index (χ4n) is 9.46. The van der Waals surface area contributed by atoms with Crippen LogP contribution in [0.25, 0.3) is 0 Å². The highest BCUT2D eigenvalue weighted by molar-refractivity contribution is 5.80. The number of carbonyl (C=O) groups is 3. The molecule has 4 rings (SSSR count). The van der Waals surface area contributed by atoms with E-state index in [1.807, 2.05) is 83.1 Å². The molecule has 0 radical (unpaired) electrons. The maximum Gasteiger partial charge on any atom is 0.309 e. The van der Waals surface area contributed by atoms with Crippen molar-refractivity contribution in [3.05, 3.63) is 0 Å². The molecule has 0 unspecified atom stereocenters.